The van der Waals surface area contributed by atoms with Gasteiger partial charge in [0, 0.05) is 30.3 Å². The Morgan fingerprint density at radius 2 is 2.18 bits per heavy atom. The van der Waals surface area contributed by atoms with Crippen molar-refractivity contribution in [2.45, 2.75) is 6.92 Å². The van der Waals surface area contributed by atoms with E-state index in [4.69, 9.17) is 0 Å². The molecule has 1 aliphatic rings. The molecule has 17 heavy (non-hydrogen) atoms. The van der Waals surface area contributed by atoms with Gasteiger partial charge in [-0.2, -0.15) is 11.8 Å². The molecule has 0 bridgehead atoms. The van der Waals surface area contributed by atoms with Crippen molar-refractivity contribution in [3.05, 3.63) is 29.8 Å². The Labute approximate surface area is 107 Å². The molecule has 1 aliphatic heterocycles. The molecule has 0 unspecified atom stereocenters. The number of hydrogen-bond acceptors (Lipinski definition) is 3. The highest BCUT2D eigenvalue weighted by Gasteiger charge is 2.13. The van der Waals surface area contributed by atoms with E-state index >= 15 is 0 Å². The van der Waals surface area contributed by atoms with E-state index in [1.807, 2.05) is 43.0 Å². The van der Waals surface area contributed by atoms with Crippen molar-refractivity contribution >= 4 is 23.4 Å². The Morgan fingerprint density at radius 1 is 1.41 bits per heavy atom. The third-order valence-electron chi connectivity index (χ3n) is 2.77. The van der Waals surface area contributed by atoms with Crippen molar-refractivity contribution in [1.29, 1.82) is 0 Å². The van der Waals surface area contributed by atoms with Gasteiger partial charge in [0.2, 0.25) is 5.91 Å². The van der Waals surface area contributed by atoms with Crippen LogP contribution in [0, 0.1) is 6.92 Å². The maximum atomic E-state index is 11.8. The van der Waals surface area contributed by atoms with Crippen LogP contribution in [0.25, 0.3) is 0 Å². The van der Waals surface area contributed by atoms with E-state index in [9.17, 15) is 4.79 Å². The third-order valence-corrected chi connectivity index (χ3v) is 3.72. The lowest BCUT2D eigenvalue weighted by Gasteiger charge is -2.25. The van der Waals surface area contributed by atoms with Crippen molar-refractivity contribution < 1.29 is 4.79 Å². The molecular weight excluding hydrogens is 232 g/mol. The Bertz CT molecular complexity index is 389. The molecule has 3 nitrogen and oxygen atoms in total. The Morgan fingerprint density at radius 3 is 2.88 bits per heavy atom. The van der Waals surface area contributed by atoms with Crippen LogP contribution in [0.1, 0.15) is 5.56 Å². The first-order valence-electron chi connectivity index (χ1n) is 5.91. The van der Waals surface area contributed by atoms with E-state index in [0.717, 1.165) is 35.8 Å². The van der Waals surface area contributed by atoms with Gasteiger partial charge in [0.25, 0.3) is 0 Å². The lowest BCUT2D eigenvalue weighted by Crippen LogP contribution is -2.38. The van der Waals surface area contributed by atoms with E-state index < -0.39 is 0 Å². The lowest BCUT2D eigenvalue weighted by atomic mass is 10.2. The van der Waals surface area contributed by atoms with Crippen LogP contribution >= 0.6 is 11.8 Å². The minimum Gasteiger partial charge on any atom is -0.325 e. The van der Waals surface area contributed by atoms with Crippen LogP contribution in [-0.4, -0.2) is 41.9 Å². The van der Waals surface area contributed by atoms with Gasteiger partial charge in [-0.25, -0.2) is 0 Å². The number of benzene rings is 1. The molecule has 1 saturated heterocycles. The molecule has 1 fully saturated rings. The monoisotopic (exact) mass is 250 g/mol. The quantitative estimate of drug-likeness (QED) is 0.890. The summed E-state index contributed by atoms with van der Waals surface area (Å²) >= 11 is 1.96. The summed E-state index contributed by atoms with van der Waals surface area (Å²) in [6, 6.07) is 7.90. The van der Waals surface area contributed by atoms with Crippen LogP contribution in [0.5, 0.6) is 0 Å². The third kappa shape index (κ3) is 4.06. The fourth-order valence-corrected chi connectivity index (χ4v) is 2.86. The highest BCUT2D eigenvalue weighted by molar-refractivity contribution is 7.99. The molecule has 1 aromatic rings. The standard InChI is InChI=1S/C13H18N2OS/c1-11-3-2-4-12(9-11)14-13(16)10-15-5-7-17-8-6-15/h2-4,9H,5-8,10H2,1H3,(H,14,16). The molecule has 0 atom stereocenters. The van der Waals surface area contributed by atoms with Gasteiger partial charge in [-0.1, -0.05) is 12.1 Å². The zero-order chi connectivity index (χ0) is 12.1. The van der Waals surface area contributed by atoms with Crippen molar-refractivity contribution in [2.24, 2.45) is 0 Å². The molecule has 1 amide bonds. The van der Waals surface area contributed by atoms with Gasteiger partial charge >= 0.3 is 0 Å². The number of nitrogens with zero attached hydrogens (tertiary/aromatic N) is 1. The Kier molecular flexibility index (Phi) is 4.45. The van der Waals surface area contributed by atoms with Crippen LogP contribution in [0.4, 0.5) is 5.69 Å². The second-order valence-electron chi connectivity index (χ2n) is 4.31. The van der Waals surface area contributed by atoms with Crippen LogP contribution in [0.2, 0.25) is 0 Å². The highest BCUT2D eigenvalue weighted by atomic mass is 32.2. The van der Waals surface area contributed by atoms with E-state index in [2.05, 4.69) is 10.2 Å². The highest BCUT2D eigenvalue weighted by Crippen LogP contribution is 2.11. The van der Waals surface area contributed by atoms with Crippen molar-refractivity contribution in [3.8, 4) is 0 Å². The first-order valence-corrected chi connectivity index (χ1v) is 7.06. The minimum atomic E-state index is 0.0856. The molecule has 1 heterocycles. The molecule has 92 valence electrons. The van der Waals surface area contributed by atoms with Crippen LogP contribution in [0.15, 0.2) is 24.3 Å². The van der Waals surface area contributed by atoms with Crippen molar-refractivity contribution in [3.63, 3.8) is 0 Å². The Balaban J connectivity index is 1.84. The zero-order valence-electron chi connectivity index (χ0n) is 10.1. The fraction of sp³-hybridized carbons (Fsp3) is 0.462. The zero-order valence-corrected chi connectivity index (χ0v) is 10.9. The SMILES string of the molecule is Cc1cccc(NC(=O)CN2CCSCC2)c1. The average molecular weight is 250 g/mol. The van der Waals surface area contributed by atoms with Gasteiger partial charge in [0.05, 0.1) is 6.54 Å². The molecule has 1 aromatic carbocycles. The Hall–Kier alpha value is -1.00. The molecule has 2 rings (SSSR count). The summed E-state index contributed by atoms with van der Waals surface area (Å²) in [5, 5.41) is 2.94. The number of amides is 1. The summed E-state index contributed by atoms with van der Waals surface area (Å²) in [5.74, 6) is 2.36. The number of aryl methyl sites for hydroxylation is 1. The molecular formula is C13H18N2OS. The lowest BCUT2D eigenvalue weighted by molar-refractivity contribution is -0.117. The largest absolute Gasteiger partial charge is 0.325 e. The van der Waals surface area contributed by atoms with Gasteiger partial charge in [0.1, 0.15) is 0 Å². The summed E-state index contributed by atoms with van der Waals surface area (Å²) in [6.07, 6.45) is 0. The maximum Gasteiger partial charge on any atom is 0.238 e. The molecule has 0 spiro atoms. The van der Waals surface area contributed by atoms with Crippen LogP contribution in [-0.2, 0) is 4.79 Å². The van der Waals surface area contributed by atoms with E-state index in [1.165, 1.54) is 0 Å². The maximum absolute atomic E-state index is 11.8. The number of nitrogens with one attached hydrogen (secondary N) is 1. The van der Waals surface area contributed by atoms with Gasteiger partial charge in [-0.05, 0) is 24.6 Å². The number of thioether (sulfide) groups is 1. The molecule has 0 aromatic heterocycles. The predicted molar refractivity (Wildman–Crippen MR) is 73.6 cm³/mol. The molecule has 1 N–H and O–H groups in total. The molecule has 0 saturated carbocycles. The van der Waals surface area contributed by atoms with E-state index in [1.54, 1.807) is 0 Å². The summed E-state index contributed by atoms with van der Waals surface area (Å²) in [4.78, 5) is 14.0. The normalized spacial score (nSPS) is 16.8. The summed E-state index contributed by atoms with van der Waals surface area (Å²) in [7, 11) is 0. The molecule has 4 heteroatoms. The first kappa shape index (κ1) is 12.5. The number of anilines is 1. The van der Waals surface area contributed by atoms with Gasteiger partial charge in [-0.15, -0.1) is 0 Å². The minimum absolute atomic E-state index is 0.0856. The van der Waals surface area contributed by atoms with Gasteiger partial charge < -0.3 is 5.32 Å². The number of hydrogen-bond donors (Lipinski definition) is 1. The van der Waals surface area contributed by atoms with Crippen LogP contribution < -0.4 is 5.32 Å². The molecule has 0 radical (unpaired) electrons. The summed E-state index contributed by atoms with van der Waals surface area (Å²) < 4.78 is 0. The smallest absolute Gasteiger partial charge is 0.238 e. The second-order valence-corrected chi connectivity index (χ2v) is 5.53. The first-order chi connectivity index (χ1) is 8.24. The van der Waals surface area contributed by atoms with Crippen molar-refractivity contribution in [1.82, 2.24) is 4.90 Å². The molecule has 0 aliphatic carbocycles. The van der Waals surface area contributed by atoms with Gasteiger partial charge in [0.15, 0.2) is 0 Å². The van der Waals surface area contributed by atoms with E-state index in [0.29, 0.717) is 6.54 Å². The number of carbonyl (C=O) groups excluding carboxylic acids is 1. The number of rotatable bonds is 3. The van der Waals surface area contributed by atoms with E-state index in [-0.39, 0.29) is 5.91 Å². The van der Waals surface area contributed by atoms with Crippen molar-refractivity contribution in [2.75, 3.05) is 36.5 Å². The second kappa shape index (κ2) is 6.07. The topological polar surface area (TPSA) is 32.3 Å². The average Bonchev–Trinajstić information content (AvgIpc) is 2.30. The number of carbonyl (C=O) groups is 1. The van der Waals surface area contributed by atoms with Gasteiger partial charge in [-0.3, -0.25) is 9.69 Å². The summed E-state index contributed by atoms with van der Waals surface area (Å²) in [5.41, 5.74) is 2.05. The van der Waals surface area contributed by atoms with Crippen LogP contribution in [0.3, 0.4) is 0 Å². The predicted octanol–water partition coefficient (Wildman–Crippen LogP) is 1.98. The fourth-order valence-electron chi connectivity index (χ4n) is 1.89. The summed E-state index contributed by atoms with van der Waals surface area (Å²) in [6.45, 7) is 4.57.